The molecule has 3 unspecified atom stereocenters. The molecule has 0 fully saturated rings. The summed E-state index contributed by atoms with van der Waals surface area (Å²) in [4.78, 5) is 0. The first kappa shape index (κ1) is 17.0. The molecule has 0 N–H and O–H groups in total. The third kappa shape index (κ3) is 7.48. The molecular formula is C16H26O4. The van der Waals surface area contributed by atoms with Crippen LogP contribution < -0.4 is 4.74 Å². The van der Waals surface area contributed by atoms with Crippen molar-refractivity contribution < 1.29 is 18.9 Å². The molecule has 4 nitrogen and oxygen atoms in total. The molecule has 0 spiro atoms. The number of para-hydroxylation sites is 1. The minimum atomic E-state index is 0.0288. The van der Waals surface area contributed by atoms with E-state index in [0.717, 1.165) is 5.75 Å². The standard InChI is InChI=1S/C16H26O4/c1-13(17-4)10-18-14(2)11-19-15(3)12-20-16-8-6-5-7-9-16/h5-9,13-15H,10-12H2,1-4H3. The summed E-state index contributed by atoms with van der Waals surface area (Å²) in [5.74, 6) is 0.862. The van der Waals surface area contributed by atoms with E-state index in [1.165, 1.54) is 0 Å². The third-order valence-corrected chi connectivity index (χ3v) is 2.86. The van der Waals surface area contributed by atoms with Gasteiger partial charge in [-0.25, -0.2) is 0 Å². The van der Waals surface area contributed by atoms with Crippen LogP contribution in [0.15, 0.2) is 30.3 Å². The molecule has 4 heteroatoms. The van der Waals surface area contributed by atoms with Crippen LogP contribution in [-0.4, -0.2) is 45.2 Å². The fourth-order valence-electron chi connectivity index (χ4n) is 1.49. The molecule has 1 aromatic carbocycles. The van der Waals surface area contributed by atoms with Crippen LogP contribution in [0.4, 0.5) is 0 Å². The highest BCUT2D eigenvalue weighted by atomic mass is 16.6. The van der Waals surface area contributed by atoms with Crippen LogP contribution in [0.5, 0.6) is 5.75 Å². The fraction of sp³-hybridized carbons (Fsp3) is 0.625. The lowest BCUT2D eigenvalue weighted by Crippen LogP contribution is -2.26. The van der Waals surface area contributed by atoms with Crippen LogP contribution in [0.1, 0.15) is 20.8 Å². The van der Waals surface area contributed by atoms with Crippen molar-refractivity contribution in [1.82, 2.24) is 0 Å². The average molecular weight is 282 g/mol. The Morgan fingerprint density at radius 1 is 0.800 bits per heavy atom. The molecule has 0 aliphatic heterocycles. The van der Waals surface area contributed by atoms with Crippen molar-refractivity contribution in [3.63, 3.8) is 0 Å². The lowest BCUT2D eigenvalue weighted by atomic mass is 10.3. The van der Waals surface area contributed by atoms with Crippen molar-refractivity contribution in [3.8, 4) is 5.75 Å². The predicted octanol–water partition coefficient (Wildman–Crippen LogP) is 2.91. The quantitative estimate of drug-likeness (QED) is 0.661. The van der Waals surface area contributed by atoms with E-state index in [4.69, 9.17) is 18.9 Å². The Balaban J connectivity index is 2.11. The molecule has 20 heavy (non-hydrogen) atoms. The Bertz CT molecular complexity index is 342. The maximum atomic E-state index is 5.70. The fourth-order valence-corrected chi connectivity index (χ4v) is 1.49. The van der Waals surface area contributed by atoms with Gasteiger partial charge in [0.15, 0.2) is 0 Å². The molecule has 0 saturated carbocycles. The van der Waals surface area contributed by atoms with Gasteiger partial charge in [0.2, 0.25) is 0 Å². The van der Waals surface area contributed by atoms with E-state index >= 15 is 0 Å². The summed E-state index contributed by atoms with van der Waals surface area (Å²) in [7, 11) is 1.68. The molecule has 0 saturated heterocycles. The molecule has 1 aromatic rings. The van der Waals surface area contributed by atoms with Gasteiger partial charge in [0.1, 0.15) is 12.4 Å². The first-order chi connectivity index (χ1) is 9.61. The Morgan fingerprint density at radius 2 is 1.35 bits per heavy atom. The normalized spacial score (nSPS) is 15.6. The van der Waals surface area contributed by atoms with Crippen molar-refractivity contribution in [1.29, 1.82) is 0 Å². The lowest BCUT2D eigenvalue weighted by Gasteiger charge is -2.19. The van der Waals surface area contributed by atoms with Gasteiger partial charge in [-0.1, -0.05) is 18.2 Å². The second-order valence-electron chi connectivity index (χ2n) is 4.96. The Hall–Kier alpha value is -1.10. The summed E-state index contributed by atoms with van der Waals surface area (Å²) < 4.78 is 22.1. The van der Waals surface area contributed by atoms with E-state index in [-0.39, 0.29) is 18.3 Å². The zero-order valence-corrected chi connectivity index (χ0v) is 12.9. The van der Waals surface area contributed by atoms with Crippen LogP contribution in [0, 0.1) is 0 Å². The maximum Gasteiger partial charge on any atom is 0.119 e. The summed E-state index contributed by atoms with van der Waals surface area (Å²) in [6.07, 6.45) is 0.184. The molecule has 0 amide bonds. The lowest BCUT2D eigenvalue weighted by molar-refractivity contribution is -0.0660. The molecular weight excluding hydrogens is 256 g/mol. The van der Waals surface area contributed by atoms with Crippen LogP contribution in [0.3, 0.4) is 0 Å². The summed E-state index contributed by atoms with van der Waals surface area (Å²) >= 11 is 0. The molecule has 0 radical (unpaired) electrons. The van der Waals surface area contributed by atoms with Gasteiger partial charge in [0.25, 0.3) is 0 Å². The third-order valence-electron chi connectivity index (χ3n) is 2.86. The number of ether oxygens (including phenoxy) is 4. The van der Waals surface area contributed by atoms with Crippen molar-refractivity contribution in [2.75, 3.05) is 26.9 Å². The van der Waals surface area contributed by atoms with E-state index < -0.39 is 0 Å². The number of methoxy groups -OCH3 is 1. The van der Waals surface area contributed by atoms with Gasteiger partial charge >= 0.3 is 0 Å². The molecule has 0 aliphatic carbocycles. The van der Waals surface area contributed by atoms with Crippen LogP contribution in [-0.2, 0) is 14.2 Å². The second kappa shape index (κ2) is 9.75. The Morgan fingerprint density at radius 3 is 1.95 bits per heavy atom. The Kier molecular flexibility index (Phi) is 8.26. The average Bonchev–Trinajstić information content (AvgIpc) is 2.49. The topological polar surface area (TPSA) is 36.9 Å². The zero-order valence-electron chi connectivity index (χ0n) is 12.9. The SMILES string of the molecule is COC(C)COC(C)COC(C)COc1ccccc1. The van der Waals surface area contributed by atoms with Crippen LogP contribution in [0.25, 0.3) is 0 Å². The number of benzene rings is 1. The van der Waals surface area contributed by atoms with Gasteiger partial charge in [-0.05, 0) is 32.9 Å². The summed E-state index contributed by atoms with van der Waals surface area (Å²) in [5.41, 5.74) is 0. The number of hydrogen-bond donors (Lipinski definition) is 0. The minimum Gasteiger partial charge on any atom is -0.491 e. The minimum absolute atomic E-state index is 0.0288. The van der Waals surface area contributed by atoms with Crippen molar-refractivity contribution in [3.05, 3.63) is 30.3 Å². The Labute approximate surface area is 122 Å². The molecule has 114 valence electrons. The van der Waals surface area contributed by atoms with Crippen molar-refractivity contribution >= 4 is 0 Å². The maximum absolute atomic E-state index is 5.70. The molecule has 1 rings (SSSR count). The smallest absolute Gasteiger partial charge is 0.119 e. The van der Waals surface area contributed by atoms with E-state index in [0.29, 0.717) is 19.8 Å². The van der Waals surface area contributed by atoms with Gasteiger partial charge in [0, 0.05) is 7.11 Å². The van der Waals surface area contributed by atoms with Gasteiger partial charge in [-0.15, -0.1) is 0 Å². The molecule has 0 aliphatic rings. The highest BCUT2D eigenvalue weighted by Gasteiger charge is 2.09. The van der Waals surface area contributed by atoms with Crippen LogP contribution in [0.2, 0.25) is 0 Å². The predicted molar refractivity (Wildman–Crippen MR) is 79.2 cm³/mol. The van der Waals surface area contributed by atoms with E-state index in [2.05, 4.69) is 0 Å². The highest BCUT2D eigenvalue weighted by molar-refractivity contribution is 5.20. The van der Waals surface area contributed by atoms with Crippen molar-refractivity contribution in [2.45, 2.75) is 39.1 Å². The van der Waals surface area contributed by atoms with E-state index in [1.54, 1.807) is 7.11 Å². The van der Waals surface area contributed by atoms with Gasteiger partial charge < -0.3 is 18.9 Å². The zero-order chi connectivity index (χ0) is 14.8. The first-order valence-corrected chi connectivity index (χ1v) is 7.05. The number of rotatable bonds is 10. The first-order valence-electron chi connectivity index (χ1n) is 7.05. The van der Waals surface area contributed by atoms with Crippen LogP contribution >= 0.6 is 0 Å². The van der Waals surface area contributed by atoms with E-state index in [9.17, 15) is 0 Å². The highest BCUT2D eigenvalue weighted by Crippen LogP contribution is 2.09. The second-order valence-corrected chi connectivity index (χ2v) is 4.96. The van der Waals surface area contributed by atoms with Gasteiger partial charge in [0.05, 0.1) is 31.5 Å². The van der Waals surface area contributed by atoms with Gasteiger partial charge in [-0.2, -0.15) is 0 Å². The van der Waals surface area contributed by atoms with Gasteiger partial charge in [-0.3, -0.25) is 0 Å². The summed E-state index contributed by atoms with van der Waals surface area (Å²) in [6.45, 7) is 7.63. The molecule has 0 heterocycles. The summed E-state index contributed by atoms with van der Waals surface area (Å²) in [5, 5.41) is 0. The van der Waals surface area contributed by atoms with E-state index in [1.807, 2.05) is 51.1 Å². The summed E-state index contributed by atoms with van der Waals surface area (Å²) in [6, 6.07) is 9.74. The van der Waals surface area contributed by atoms with Crippen molar-refractivity contribution in [2.24, 2.45) is 0 Å². The molecule has 0 bridgehead atoms. The monoisotopic (exact) mass is 282 g/mol. The number of hydrogen-bond acceptors (Lipinski definition) is 4. The molecule has 3 atom stereocenters. The largest absolute Gasteiger partial charge is 0.491 e. The molecule has 0 aromatic heterocycles.